The van der Waals surface area contributed by atoms with Crippen molar-refractivity contribution in [1.29, 1.82) is 0 Å². The van der Waals surface area contributed by atoms with E-state index in [4.69, 9.17) is 4.74 Å². The van der Waals surface area contributed by atoms with E-state index in [-0.39, 0.29) is 11.7 Å². The van der Waals surface area contributed by atoms with Crippen LogP contribution < -0.4 is 10.1 Å². The second-order valence-corrected chi connectivity index (χ2v) is 3.82. The average Bonchev–Trinajstić information content (AvgIpc) is 2.08. The van der Waals surface area contributed by atoms with Gasteiger partial charge in [0.05, 0.1) is 5.69 Å². The van der Waals surface area contributed by atoms with E-state index in [1.807, 2.05) is 0 Å². The molecule has 0 unspecified atom stereocenters. The quantitative estimate of drug-likeness (QED) is 0.372. The lowest BCUT2D eigenvalue weighted by Crippen LogP contribution is -2.46. The molecule has 0 fully saturated rings. The lowest BCUT2D eigenvalue weighted by Gasteiger charge is -2.31. The molecule has 4 heteroatoms. The first-order valence-corrected chi connectivity index (χ1v) is 4.32. The minimum Gasteiger partial charge on any atom is -0.508 e. The Kier molecular flexibility index (Phi) is 1.67. The third-order valence-corrected chi connectivity index (χ3v) is 2.13. The van der Waals surface area contributed by atoms with Gasteiger partial charge in [-0.3, -0.25) is 0 Å². The number of carbonyl (C=O) groups is 1. The highest BCUT2D eigenvalue weighted by Crippen LogP contribution is 2.35. The fraction of sp³-hybridized carbons (Fsp3) is 0.300. The Morgan fingerprint density at radius 2 is 2.14 bits per heavy atom. The summed E-state index contributed by atoms with van der Waals surface area (Å²) in [5.41, 5.74) is -0.00310. The van der Waals surface area contributed by atoms with Gasteiger partial charge in [0.15, 0.2) is 5.75 Å². The molecule has 1 aliphatic rings. The summed E-state index contributed by atoms with van der Waals surface area (Å²) in [6, 6.07) is 4.63. The van der Waals surface area contributed by atoms with E-state index in [0.29, 0.717) is 11.4 Å². The Labute approximate surface area is 81.5 Å². The molecule has 0 saturated heterocycles. The van der Waals surface area contributed by atoms with E-state index < -0.39 is 5.54 Å². The van der Waals surface area contributed by atoms with Crippen molar-refractivity contribution in [2.24, 2.45) is 0 Å². The highest BCUT2D eigenvalue weighted by molar-refractivity contribution is 5.90. The Morgan fingerprint density at radius 3 is 2.86 bits per heavy atom. The van der Waals surface area contributed by atoms with Crippen LogP contribution >= 0.6 is 0 Å². The van der Waals surface area contributed by atoms with Gasteiger partial charge in [0.1, 0.15) is 11.3 Å². The number of rotatable bonds is 0. The average molecular weight is 193 g/mol. The van der Waals surface area contributed by atoms with Gasteiger partial charge in [-0.25, -0.2) is 4.79 Å². The first-order valence-electron chi connectivity index (χ1n) is 4.32. The van der Waals surface area contributed by atoms with E-state index in [1.165, 1.54) is 6.07 Å². The minimum atomic E-state index is -0.718. The molecule has 1 aromatic carbocycles. The third-order valence-electron chi connectivity index (χ3n) is 2.13. The van der Waals surface area contributed by atoms with Crippen LogP contribution in [0.5, 0.6) is 11.5 Å². The highest BCUT2D eigenvalue weighted by atomic mass is 16.5. The number of aromatic hydroxyl groups is 1. The van der Waals surface area contributed by atoms with Crippen LogP contribution in [0.4, 0.5) is 5.69 Å². The summed E-state index contributed by atoms with van der Waals surface area (Å²) >= 11 is 0. The van der Waals surface area contributed by atoms with Gasteiger partial charge in [-0.05, 0) is 26.0 Å². The summed E-state index contributed by atoms with van der Waals surface area (Å²) in [6.45, 7) is 3.48. The van der Waals surface area contributed by atoms with E-state index in [2.05, 4.69) is 5.32 Å². The number of esters is 1. The maximum atomic E-state index is 11.4. The summed E-state index contributed by atoms with van der Waals surface area (Å²) in [7, 11) is 0. The van der Waals surface area contributed by atoms with Crippen LogP contribution in [-0.2, 0) is 4.79 Å². The van der Waals surface area contributed by atoms with Crippen molar-refractivity contribution in [3.63, 3.8) is 0 Å². The summed E-state index contributed by atoms with van der Waals surface area (Å²) in [6.07, 6.45) is 0. The van der Waals surface area contributed by atoms with Crippen LogP contribution in [-0.4, -0.2) is 16.6 Å². The van der Waals surface area contributed by atoms with Crippen molar-refractivity contribution < 1.29 is 14.6 Å². The molecule has 2 rings (SSSR count). The number of phenols is 1. The van der Waals surface area contributed by atoms with E-state index in [9.17, 15) is 9.90 Å². The number of benzene rings is 1. The van der Waals surface area contributed by atoms with E-state index in [1.54, 1.807) is 26.0 Å². The number of phenolic OH excluding ortho intramolecular Hbond substituents is 1. The monoisotopic (exact) mass is 193 g/mol. The number of anilines is 1. The van der Waals surface area contributed by atoms with Gasteiger partial charge in [0.2, 0.25) is 0 Å². The second-order valence-electron chi connectivity index (χ2n) is 3.82. The first kappa shape index (κ1) is 8.87. The molecule has 1 heterocycles. The second kappa shape index (κ2) is 2.64. The molecule has 0 spiro atoms. The van der Waals surface area contributed by atoms with Crippen molar-refractivity contribution >= 4 is 11.7 Å². The molecule has 4 nitrogen and oxygen atoms in total. The van der Waals surface area contributed by atoms with Gasteiger partial charge < -0.3 is 15.2 Å². The topological polar surface area (TPSA) is 58.6 Å². The molecule has 0 aromatic heterocycles. The Morgan fingerprint density at radius 1 is 1.43 bits per heavy atom. The van der Waals surface area contributed by atoms with Crippen LogP contribution in [0, 0.1) is 0 Å². The predicted molar refractivity (Wildman–Crippen MR) is 51.4 cm³/mol. The van der Waals surface area contributed by atoms with Gasteiger partial charge >= 0.3 is 5.97 Å². The molecule has 14 heavy (non-hydrogen) atoms. The van der Waals surface area contributed by atoms with E-state index >= 15 is 0 Å². The Balaban J connectivity index is 2.46. The summed E-state index contributed by atoms with van der Waals surface area (Å²) in [4.78, 5) is 11.4. The molecule has 1 aromatic rings. The Hall–Kier alpha value is -1.71. The number of hydrogen-bond acceptors (Lipinski definition) is 4. The molecule has 0 amide bonds. The zero-order valence-electron chi connectivity index (χ0n) is 8.00. The van der Waals surface area contributed by atoms with Crippen LogP contribution in [0.15, 0.2) is 18.2 Å². The molecule has 0 atom stereocenters. The summed E-state index contributed by atoms with van der Waals surface area (Å²) in [5, 5.41) is 12.2. The maximum absolute atomic E-state index is 11.4. The summed E-state index contributed by atoms with van der Waals surface area (Å²) in [5.74, 6) is 0.1000. The van der Waals surface area contributed by atoms with Crippen LogP contribution in [0.25, 0.3) is 0 Å². The zero-order valence-corrected chi connectivity index (χ0v) is 8.00. The molecule has 0 saturated carbocycles. The zero-order chi connectivity index (χ0) is 10.3. The normalized spacial score (nSPS) is 18.0. The molecule has 74 valence electrons. The van der Waals surface area contributed by atoms with Crippen molar-refractivity contribution in [2.45, 2.75) is 19.4 Å². The highest BCUT2D eigenvalue weighted by Gasteiger charge is 2.35. The number of fused-ring (bicyclic) bond motifs is 1. The van der Waals surface area contributed by atoms with Crippen molar-refractivity contribution in [3.05, 3.63) is 18.2 Å². The SMILES string of the molecule is CC1(C)Nc2ccc(O)cc2OC1=O. The lowest BCUT2D eigenvalue weighted by atomic mass is 10.0. The number of carbonyl (C=O) groups excluding carboxylic acids is 1. The largest absolute Gasteiger partial charge is 0.508 e. The van der Waals surface area contributed by atoms with Gasteiger partial charge in [-0.15, -0.1) is 0 Å². The third kappa shape index (κ3) is 1.28. The first-order chi connectivity index (χ1) is 6.49. The maximum Gasteiger partial charge on any atom is 0.336 e. The van der Waals surface area contributed by atoms with Crippen LogP contribution in [0.2, 0.25) is 0 Å². The fourth-order valence-electron chi connectivity index (χ4n) is 1.31. The number of ether oxygens (including phenoxy) is 1. The molecule has 2 N–H and O–H groups in total. The Bertz CT molecular complexity index is 398. The lowest BCUT2D eigenvalue weighted by molar-refractivity contribution is -0.139. The van der Waals surface area contributed by atoms with Crippen molar-refractivity contribution in [1.82, 2.24) is 0 Å². The van der Waals surface area contributed by atoms with Gasteiger partial charge in [0, 0.05) is 6.07 Å². The smallest absolute Gasteiger partial charge is 0.336 e. The molecular weight excluding hydrogens is 182 g/mol. The van der Waals surface area contributed by atoms with Crippen LogP contribution in [0.3, 0.4) is 0 Å². The molecule has 0 aliphatic carbocycles. The van der Waals surface area contributed by atoms with Gasteiger partial charge in [-0.2, -0.15) is 0 Å². The minimum absolute atomic E-state index is 0.0815. The number of nitrogens with one attached hydrogen (secondary N) is 1. The van der Waals surface area contributed by atoms with Gasteiger partial charge in [0.25, 0.3) is 0 Å². The fourth-order valence-corrected chi connectivity index (χ4v) is 1.31. The van der Waals surface area contributed by atoms with Crippen LogP contribution in [0.1, 0.15) is 13.8 Å². The van der Waals surface area contributed by atoms with Crippen molar-refractivity contribution in [2.75, 3.05) is 5.32 Å². The molecule has 0 bridgehead atoms. The molecule has 1 aliphatic heterocycles. The van der Waals surface area contributed by atoms with Gasteiger partial charge in [-0.1, -0.05) is 0 Å². The standard InChI is InChI=1S/C10H11NO3/c1-10(2)9(13)14-8-5-6(12)3-4-7(8)11-10/h3-5,11-12H,1-2H3. The summed E-state index contributed by atoms with van der Waals surface area (Å²) < 4.78 is 5.07. The van der Waals surface area contributed by atoms with Crippen molar-refractivity contribution in [3.8, 4) is 11.5 Å². The molecular formula is C10H11NO3. The van der Waals surface area contributed by atoms with E-state index in [0.717, 1.165) is 0 Å². The molecule has 0 radical (unpaired) electrons. The predicted octanol–water partition coefficient (Wildman–Crippen LogP) is 1.50. The number of hydrogen-bond donors (Lipinski definition) is 2.